The normalized spacial score (nSPS) is 11.0. The Morgan fingerprint density at radius 3 is 2.78 bits per heavy atom. The number of carboxylic acids is 1. The van der Waals surface area contributed by atoms with Crippen LogP contribution in [0, 0.1) is 0 Å². The summed E-state index contributed by atoms with van der Waals surface area (Å²) in [5, 5.41) is 14.4. The lowest BCUT2D eigenvalue weighted by Gasteiger charge is -2.08. The first kappa shape index (κ1) is 13.3. The van der Waals surface area contributed by atoms with Crippen LogP contribution < -0.4 is 0 Å². The van der Waals surface area contributed by atoms with E-state index in [2.05, 4.69) is 10.1 Å². The number of hydrogen-bond acceptors (Lipinski definition) is 4. The Labute approximate surface area is 130 Å². The van der Waals surface area contributed by atoms with Crippen molar-refractivity contribution in [1.29, 1.82) is 0 Å². The van der Waals surface area contributed by atoms with Crippen LogP contribution in [-0.4, -0.2) is 25.8 Å². The SMILES string of the molecule is O=C(O)c1cc(-c2ccco2)n(-c2cccc3cccnc23)n1. The molecule has 0 aliphatic carbocycles. The molecule has 0 atom stereocenters. The maximum atomic E-state index is 11.3. The third-order valence-electron chi connectivity index (χ3n) is 3.54. The predicted octanol–water partition coefficient (Wildman–Crippen LogP) is 3.38. The molecule has 23 heavy (non-hydrogen) atoms. The molecule has 0 aliphatic heterocycles. The van der Waals surface area contributed by atoms with Crippen molar-refractivity contribution in [3.63, 3.8) is 0 Å². The summed E-state index contributed by atoms with van der Waals surface area (Å²) in [5.41, 5.74) is 1.94. The fourth-order valence-electron chi connectivity index (χ4n) is 2.53. The molecule has 0 unspecified atom stereocenters. The number of para-hydroxylation sites is 1. The second-order valence-corrected chi connectivity index (χ2v) is 4.96. The maximum Gasteiger partial charge on any atom is 0.356 e. The molecule has 6 nitrogen and oxygen atoms in total. The number of rotatable bonds is 3. The lowest BCUT2D eigenvalue weighted by Crippen LogP contribution is -2.03. The first-order valence-corrected chi connectivity index (χ1v) is 6.95. The Kier molecular flexibility index (Phi) is 2.94. The molecule has 0 saturated heterocycles. The van der Waals surface area contributed by atoms with Crippen molar-refractivity contribution in [2.45, 2.75) is 0 Å². The van der Waals surface area contributed by atoms with Crippen LogP contribution in [0.25, 0.3) is 28.0 Å². The summed E-state index contributed by atoms with van der Waals surface area (Å²) in [7, 11) is 0. The number of furan rings is 1. The molecule has 0 spiro atoms. The van der Waals surface area contributed by atoms with Crippen molar-refractivity contribution in [3.05, 3.63) is 66.7 Å². The van der Waals surface area contributed by atoms with E-state index in [1.807, 2.05) is 30.3 Å². The van der Waals surface area contributed by atoms with Crippen LogP contribution in [0.4, 0.5) is 0 Å². The quantitative estimate of drug-likeness (QED) is 0.627. The van der Waals surface area contributed by atoms with E-state index in [9.17, 15) is 9.90 Å². The molecule has 0 amide bonds. The predicted molar refractivity (Wildman–Crippen MR) is 83.5 cm³/mol. The third kappa shape index (κ3) is 2.17. The minimum Gasteiger partial charge on any atom is -0.476 e. The second kappa shape index (κ2) is 5.10. The second-order valence-electron chi connectivity index (χ2n) is 4.96. The smallest absolute Gasteiger partial charge is 0.356 e. The Morgan fingerprint density at radius 2 is 2.00 bits per heavy atom. The van der Waals surface area contributed by atoms with Crippen LogP contribution in [0.1, 0.15) is 10.5 Å². The van der Waals surface area contributed by atoms with Gasteiger partial charge in [0.15, 0.2) is 11.5 Å². The standard InChI is InChI=1S/C17H11N3O3/c21-17(22)12-10-14(15-7-3-9-23-15)20(19-12)13-6-1-4-11-5-2-8-18-16(11)13/h1-10H,(H,21,22). The highest BCUT2D eigenvalue weighted by atomic mass is 16.4. The van der Waals surface area contributed by atoms with Crippen LogP contribution in [-0.2, 0) is 0 Å². The van der Waals surface area contributed by atoms with E-state index in [4.69, 9.17) is 4.42 Å². The van der Waals surface area contributed by atoms with Crippen molar-refractivity contribution >= 4 is 16.9 Å². The molecular weight excluding hydrogens is 294 g/mol. The molecule has 1 N–H and O–H groups in total. The largest absolute Gasteiger partial charge is 0.476 e. The molecule has 4 aromatic rings. The van der Waals surface area contributed by atoms with Crippen molar-refractivity contribution in [2.24, 2.45) is 0 Å². The topological polar surface area (TPSA) is 81.1 Å². The molecule has 112 valence electrons. The molecule has 6 heteroatoms. The van der Waals surface area contributed by atoms with Gasteiger partial charge in [0.1, 0.15) is 5.69 Å². The number of aromatic carboxylic acids is 1. The van der Waals surface area contributed by atoms with Crippen molar-refractivity contribution < 1.29 is 14.3 Å². The van der Waals surface area contributed by atoms with Crippen LogP contribution in [0.5, 0.6) is 0 Å². The van der Waals surface area contributed by atoms with Crippen LogP contribution in [0.2, 0.25) is 0 Å². The van der Waals surface area contributed by atoms with Gasteiger partial charge in [0, 0.05) is 17.6 Å². The number of carbonyl (C=O) groups is 1. The molecule has 3 heterocycles. The van der Waals surface area contributed by atoms with Gasteiger partial charge >= 0.3 is 5.97 Å². The molecule has 0 saturated carbocycles. The molecule has 0 radical (unpaired) electrons. The summed E-state index contributed by atoms with van der Waals surface area (Å²) in [5.74, 6) is -0.553. The monoisotopic (exact) mass is 305 g/mol. The summed E-state index contributed by atoms with van der Waals surface area (Å²) in [6, 6.07) is 14.5. The average Bonchev–Trinajstić information content (AvgIpc) is 3.23. The molecule has 0 bridgehead atoms. The van der Waals surface area contributed by atoms with Crippen molar-refractivity contribution in [2.75, 3.05) is 0 Å². The number of pyridine rings is 1. The van der Waals surface area contributed by atoms with E-state index in [0.717, 1.165) is 10.9 Å². The Morgan fingerprint density at radius 1 is 1.13 bits per heavy atom. The zero-order valence-electron chi connectivity index (χ0n) is 11.9. The molecule has 3 aromatic heterocycles. The lowest BCUT2D eigenvalue weighted by atomic mass is 10.2. The Bertz CT molecular complexity index is 998. The van der Waals surface area contributed by atoms with Gasteiger partial charge in [-0.25, -0.2) is 9.48 Å². The Balaban J connectivity index is 2.02. The van der Waals surface area contributed by atoms with E-state index in [1.54, 1.807) is 23.0 Å². The van der Waals surface area contributed by atoms with E-state index in [0.29, 0.717) is 17.1 Å². The fraction of sp³-hybridized carbons (Fsp3) is 0. The maximum absolute atomic E-state index is 11.3. The van der Waals surface area contributed by atoms with Gasteiger partial charge in [0.2, 0.25) is 0 Å². The molecule has 0 aliphatic rings. The van der Waals surface area contributed by atoms with E-state index < -0.39 is 5.97 Å². The highest BCUT2D eigenvalue weighted by Gasteiger charge is 2.19. The summed E-state index contributed by atoms with van der Waals surface area (Å²) >= 11 is 0. The molecular formula is C17H11N3O3. The molecule has 4 rings (SSSR count). The third-order valence-corrected chi connectivity index (χ3v) is 3.54. The number of nitrogens with zero attached hydrogens (tertiary/aromatic N) is 3. The van der Waals surface area contributed by atoms with Gasteiger partial charge in [-0.1, -0.05) is 18.2 Å². The van der Waals surface area contributed by atoms with Crippen LogP contribution >= 0.6 is 0 Å². The fourth-order valence-corrected chi connectivity index (χ4v) is 2.53. The van der Waals surface area contributed by atoms with E-state index in [-0.39, 0.29) is 5.69 Å². The van der Waals surface area contributed by atoms with Gasteiger partial charge in [-0.15, -0.1) is 0 Å². The van der Waals surface area contributed by atoms with E-state index in [1.165, 1.54) is 12.3 Å². The lowest BCUT2D eigenvalue weighted by molar-refractivity contribution is 0.0690. The van der Waals surface area contributed by atoms with Gasteiger partial charge in [-0.2, -0.15) is 5.10 Å². The number of hydrogen-bond donors (Lipinski definition) is 1. The highest BCUT2D eigenvalue weighted by molar-refractivity contribution is 5.89. The van der Waals surface area contributed by atoms with Gasteiger partial charge in [0.05, 0.1) is 17.5 Å². The van der Waals surface area contributed by atoms with Crippen LogP contribution in [0.3, 0.4) is 0 Å². The minimum absolute atomic E-state index is 0.0515. The van der Waals surface area contributed by atoms with Gasteiger partial charge in [0.25, 0.3) is 0 Å². The zero-order chi connectivity index (χ0) is 15.8. The van der Waals surface area contributed by atoms with Gasteiger partial charge < -0.3 is 9.52 Å². The number of aromatic nitrogens is 3. The van der Waals surface area contributed by atoms with Gasteiger partial charge in [-0.05, 0) is 24.3 Å². The summed E-state index contributed by atoms with van der Waals surface area (Å²) in [4.78, 5) is 15.7. The van der Waals surface area contributed by atoms with E-state index >= 15 is 0 Å². The molecule has 0 fully saturated rings. The first-order valence-electron chi connectivity index (χ1n) is 6.95. The highest BCUT2D eigenvalue weighted by Crippen LogP contribution is 2.27. The van der Waals surface area contributed by atoms with Gasteiger partial charge in [-0.3, -0.25) is 4.98 Å². The summed E-state index contributed by atoms with van der Waals surface area (Å²) < 4.78 is 6.97. The Hall–Kier alpha value is -3.41. The number of fused-ring (bicyclic) bond motifs is 1. The average molecular weight is 305 g/mol. The first-order chi connectivity index (χ1) is 11.2. The summed E-state index contributed by atoms with van der Waals surface area (Å²) in [6.07, 6.45) is 3.23. The number of benzene rings is 1. The molecule has 1 aromatic carbocycles. The number of carboxylic acid groups (broad SMARTS) is 1. The van der Waals surface area contributed by atoms with Crippen molar-refractivity contribution in [3.8, 4) is 17.1 Å². The minimum atomic E-state index is -1.09. The summed E-state index contributed by atoms with van der Waals surface area (Å²) in [6.45, 7) is 0. The van der Waals surface area contributed by atoms with Crippen molar-refractivity contribution in [1.82, 2.24) is 14.8 Å². The van der Waals surface area contributed by atoms with Crippen LogP contribution in [0.15, 0.2) is 65.4 Å². The zero-order valence-corrected chi connectivity index (χ0v) is 11.9.